The number of benzene rings is 4. The molecule has 0 saturated heterocycles. The van der Waals surface area contributed by atoms with Gasteiger partial charge in [-0.1, -0.05) is 150 Å². The Hall–Kier alpha value is -5.01. The van der Waals surface area contributed by atoms with E-state index in [0.717, 1.165) is 21.9 Å². The molecule has 1 nitrogen and oxygen atoms in total. The van der Waals surface area contributed by atoms with Crippen LogP contribution in [0.1, 0.15) is 56.1 Å². The van der Waals surface area contributed by atoms with Crippen LogP contribution in [0.3, 0.4) is 0 Å². The Balaban J connectivity index is 1.46. The second kappa shape index (κ2) is 9.99. The maximum atomic E-state index is 14.6. The minimum Gasteiger partial charge on any atom is -0.289 e. The van der Waals surface area contributed by atoms with Crippen LogP contribution in [0.2, 0.25) is 0 Å². The predicted molar refractivity (Wildman–Crippen MR) is 192 cm³/mol. The first-order valence-electron chi connectivity index (χ1n) is 16.3. The van der Waals surface area contributed by atoms with Crippen LogP contribution in [-0.4, -0.2) is 5.78 Å². The largest absolute Gasteiger partial charge is 0.289 e. The van der Waals surface area contributed by atoms with Crippen molar-refractivity contribution in [3.63, 3.8) is 0 Å². The van der Waals surface area contributed by atoms with Crippen LogP contribution < -0.4 is 0 Å². The fraction of sp³-hybridized carbons (Fsp3) is 0.178. The summed E-state index contributed by atoms with van der Waals surface area (Å²) in [5.74, 6) is 0.0563. The van der Waals surface area contributed by atoms with Crippen molar-refractivity contribution in [2.24, 2.45) is 16.2 Å². The monoisotopic (exact) mass is 594 g/mol. The molecule has 4 aromatic rings. The van der Waals surface area contributed by atoms with Gasteiger partial charge in [0.15, 0.2) is 5.78 Å². The molecule has 0 saturated carbocycles. The lowest BCUT2D eigenvalue weighted by Gasteiger charge is -2.59. The number of rotatable bonds is 4. The normalized spacial score (nSPS) is 23.4. The van der Waals surface area contributed by atoms with Gasteiger partial charge in [-0.25, -0.2) is 0 Å². The summed E-state index contributed by atoms with van der Waals surface area (Å²) in [6.07, 6.45) is 14.1. The number of allylic oxidation sites excluding steroid dienone is 14. The highest BCUT2D eigenvalue weighted by Gasteiger charge is 2.59. The lowest BCUT2D eigenvalue weighted by atomic mass is 9.43. The van der Waals surface area contributed by atoms with E-state index in [4.69, 9.17) is 0 Å². The molecule has 46 heavy (non-hydrogen) atoms. The van der Waals surface area contributed by atoms with Gasteiger partial charge in [-0.05, 0) is 90.6 Å². The van der Waals surface area contributed by atoms with Gasteiger partial charge in [-0.15, -0.1) is 0 Å². The summed E-state index contributed by atoms with van der Waals surface area (Å²) < 4.78 is 0. The molecule has 0 heterocycles. The van der Waals surface area contributed by atoms with Gasteiger partial charge >= 0.3 is 0 Å². The van der Waals surface area contributed by atoms with E-state index in [0.29, 0.717) is 0 Å². The van der Waals surface area contributed by atoms with Gasteiger partial charge in [-0.2, -0.15) is 0 Å². The molecule has 0 bridgehead atoms. The Morgan fingerprint density at radius 2 is 1.22 bits per heavy atom. The zero-order valence-electron chi connectivity index (χ0n) is 27.2. The van der Waals surface area contributed by atoms with Crippen molar-refractivity contribution in [2.75, 3.05) is 0 Å². The molecule has 0 aliphatic heterocycles. The molecule has 8 rings (SSSR count). The Labute approximate surface area is 272 Å². The zero-order valence-corrected chi connectivity index (χ0v) is 27.2. The summed E-state index contributed by atoms with van der Waals surface area (Å²) in [7, 11) is 0. The summed E-state index contributed by atoms with van der Waals surface area (Å²) in [6.45, 7) is 11.7. The molecule has 0 N–H and O–H groups in total. The summed E-state index contributed by atoms with van der Waals surface area (Å²) in [6, 6.07) is 35.7. The summed E-state index contributed by atoms with van der Waals surface area (Å²) in [4.78, 5) is 14.6. The molecule has 0 fully saturated rings. The molecular weight excluding hydrogens is 556 g/mol. The van der Waals surface area contributed by atoms with Gasteiger partial charge in [-0.3, -0.25) is 4.79 Å². The van der Waals surface area contributed by atoms with Crippen molar-refractivity contribution in [3.8, 4) is 0 Å². The van der Waals surface area contributed by atoms with E-state index < -0.39 is 5.41 Å². The molecule has 1 heteroatoms. The number of carbonyl (C=O) groups excluding carboxylic acids is 1. The predicted octanol–water partition coefficient (Wildman–Crippen LogP) is 11.3. The second-order valence-electron chi connectivity index (χ2n) is 14.4. The summed E-state index contributed by atoms with van der Waals surface area (Å²) >= 11 is 0. The third-order valence-electron chi connectivity index (χ3n) is 11.0. The van der Waals surface area contributed by atoms with Gasteiger partial charge in [0.1, 0.15) is 0 Å². The van der Waals surface area contributed by atoms with E-state index in [1.54, 1.807) is 0 Å². The lowest BCUT2D eigenvalue weighted by molar-refractivity contribution is 0.103. The zero-order chi connectivity index (χ0) is 31.8. The molecule has 0 unspecified atom stereocenters. The van der Waals surface area contributed by atoms with Crippen LogP contribution in [-0.2, 0) is 0 Å². The average molecular weight is 595 g/mol. The summed E-state index contributed by atoms with van der Waals surface area (Å²) in [5, 5.41) is 2.06. The van der Waals surface area contributed by atoms with Crippen molar-refractivity contribution < 1.29 is 4.79 Å². The molecular formula is C45H38O. The topological polar surface area (TPSA) is 17.1 Å². The fourth-order valence-corrected chi connectivity index (χ4v) is 8.12. The van der Waals surface area contributed by atoms with Crippen LogP contribution in [0.4, 0.5) is 0 Å². The van der Waals surface area contributed by atoms with Crippen molar-refractivity contribution in [1.82, 2.24) is 0 Å². The Kier molecular flexibility index (Phi) is 6.18. The smallest absolute Gasteiger partial charge is 0.193 e. The molecule has 0 radical (unpaired) electrons. The van der Waals surface area contributed by atoms with E-state index in [9.17, 15) is 4.79 Å². The van der Waals surface area contributed by atoms with E-state index in [1.165, 1.54) is 50.1 Å². The number of fused-ring (bicyclic) bond motifs is 1. The quantitative estimate of drug-likeness (QED) is 0.215. The number of Topliss-reactive ketones (excluding diaryl/α,β-unsaturated/α-hetero) is 1. The maximum absolute atomic E-state index is 14.6. The number of ketones is 1. The molecule has 0 aromatic heterocycles. The highest BCUT2D eigenvalue weighted by atomic mass is 16.1. The summed E-state index contributed by atoms with van der Waals surface area (Å²) in [5.41, 5.74) is 11.9. The third-order valence-corrected chi connectivity index (χ3v) is 11.0. The van der Waals surface area contributed by atoms with Crippen molar-refractivity contribution >= 4 is 27.7 Å². The van der Waals surface area contributed by atoms with Crippen LogP contribution in [0.5, 0.6) is 0 Å². The van der Waals surface area contributed by atoms with Gasteiger partial charge < -0.3 is 0 Å². The maximum Gasteiger partial charge on any atom is 0.193 e. The second-order valence-corrected chi connectivity index (χ2v) is 14.4. The number of carbonyl (C=O) groups is 1. The average Bonchev–Trinajstić information content (AvgIpc) is 3.06. The molecule has 4 aromatic carbocycles. The minimum absolute atomic E-state index is 0.0184. The van der Waals surface area contributed by atoms with Crippen LogP contribution in [0.15, 0.2) is 173 Å². The molecule has 0 amide bonds. The molecule has 4 aliphatic rings. The molecule has 224 valence electrons. The third kappa shape index (κ3) is 3.97. The first kappa shape index (κ1) is 28.5. The minimum atomic E-state index is -0.394. The van der Waals surface area contributed by atoms with Gasteiger partial charge in [0.2, 0.25) is 0 Å². The Morgan fingerprint density at radius 3 is 1.93 bits per heavy atom. The fourth-order valence-electron chi connectivity index (χ4n) is 8.12. The Bertz CT molecular complexity index is 2180. The first-order chi connectivity index (χ1) is 22.1. The lowest BCUT2D eigenvalue weighted by Crippen LogP contribution is -2.49. The van der Waals surface area contributed by atoms with Crippen LogP contribution in [0, 0.1) is 16.2 Å². The van der Waals surface area contributed by atoms with Crippen molar-refractivity contribution in [2.45, 2.75) is 34.6 Å². The first-order valence-corrected chi connectivity index (χ1v) is 16.3. The van der Waals surface area contributed by atoms with Crippen LogP contribution in [0.25, 0.3) is 21.9 Å². The number of hydrogen-bond donors (Lipinski definition) is 0. The molecule has 2 atom stereocenters. The Morgan fingerprint density at radius 1 is 0.587 bits per heavy atom. The molecule has 4 aliphatic carbocycles. The van der Waals surface area contributed by atoms with E-state index in [2.05, 4.69) is 150 Å². The SMILES string of the molecule is CC(C)(C)C1=CC2=C(c3ccccc3)C=C3C=C(C(=O)c4cccc5ccccc45)C=C4C(c5ccccc5)=CC(=C1)[C@@]2(C)[C@@]34C. The van der Waals surface area contributed by atoms with E-state index >= 15 is 0 Å². The highest BCUT2D eigenvalue weighted by molar-refractivity contribution is 6.18. The van der Waals surface area contributed by atoms with Crippen molar-refractivity contribution in [1.29, 1.82) is 0 Å². The van der Waals surface area contributed by atoms with Gasteiger partial charge in [0, 0.05) is 22.0 Å². The number of hydrogen-bond acceptors (Lipinski definition) is 1. The van der Waals surface area contributed by atoms with Gasteiger partial charge in [0.25, 0.3) is 0 Å². The van der Waals surface area contributed by atoms with Crippen LogP contribution >= 0.6 is 0 Å². The van der Waals surface area contributed by atoms with E-state index in [-0.39, 0.29) is 16.6 Å². The van der Waals surface area contributed by atoms with E-state index in [1.807, 2.05) is 24.3 Å². The highest BCUT2D eigenvalue weighted by Crippen LogP contribution is 2.70. The van der Waals surface area contributed by atoms with Crippen molar-refractivity contribution in [3.05, 3.63) is 190 Å². The van der Waals surface area contributed by atoms with Gasteiger partial charge in [0.05, 0.1) is 0 Å². The molecule has 0 spiro atoms. The standard InChI is InChI=1S/C45H38O/c1-43(2,3)33-25-35-27-38(30-15-8-6-9-16-30)40-24-32(42(46)37-22-14-20-29-19-12-13-21-36(29)37)23-34-26-39(31-17-10-7-11-18-31)41(28-33)45(35,5)44(34,40)4/h6-28H,1-5H3/t44-,45+/m0/s1.